The van der Waals surface area contributed by atoms with E-state index in [0.29, 0.717) is 6.54 Å². The van der Waals surface area contributed by atoms with Crippen molar-refractivity contribution in [1.29, 1.82) is 0 Å². The van der Waals surface area contributed by atoms with Crippen molar-refractivity contribution in [2.45, 2.75) is 26.4 Å². The number of rotatable bonds is 4. The Bertz CT molecular complexity index is 655. The Labute approximate surface area is 110 Å². The first-order valence-electron chi connectivity index (χ1n) is 5.99. The summed E-state index contributed by atoms with van der Waals surface area (Å²) in [7, 11) is 0. The highest BCUT2D eigenvalue weighted by atomic mass is 16.6. The number of non-ortho nitro benzene ring substituents is 1. The van der Waals surface area contributed by atoms with Gasteiger partial charge in [-0.3, -0.25) is 19.2 Å². The van der Waals surface area contributed by atoms with E-state index in [2.05, 4.69) is 0 Å². The summed E-state index contributed by atoms with van der Waals surface area (Å²) in [4.78, 5) is 22.3. The van der Waals surface area contributed by atoms with Crippen LogP contribution >= 0.6 is 0 Å². The van der Waals surface area contributed by atoms with Crippen molar-refractivity contribution in [2.24, 2.45) is 0 Å². The molecule has 0 saturated heterocycles. The van der Waals surface area contributed by atoms with E-state index < -0.39 is 4.92 Å². The summed E-state index contributed by atoms with van der Waals surface area (Å²) in [6.07, 6.45) is 3.42. The van der Waals surface area contributed by atoms with Gasteiger partial charge in [-0.1, -0.05) is 12.1 Å². The highest BCUT2D eigenvalue weighted by molar-refractivity contribution is 5.34. The number of nitrogens with zero attached hydrogens (tertiary/aromatic N) is 3. The molecule has 19 heavy (non-hydrogen) atoms. The van der Waals surface area contributed by atoms with Crippen LogP contribution in [0.5, 0.6) is 0 Å². The Morgan fingerprint density at radius 1 is 1.32 bits per heavy atom. The van der Waals surface area contributed by atoms with E-state index in [1.807, 2.05) is 13.8 Å². The van der Waals surface area contributed by atoms with Gasteiger partial charge in [0.25, 0.3) is 5.69 Å². The van der Waals surface area contributed by atoms with Crippen molar-refractivity contribution in [3.63, 3.8) is 0 Å². The molecule has 0 amide bonds. The standard InChI is InChI=1S/C13H15N3O3/c1-10(2)15-7-6-14(13(15)17)9-11-4-3-5-12(8-11)16(18)19/h3-8,10H,9H2,1-2H3. The minimum atomic E-state index is -0.439. The van der Waals surface area contributed by atoms with Gasteiger partial charge < -0.3 is 0 Å². The molecule has 2 aromatic rings. The SMILES string of the molecule is CC(C)n1ccn(Cc2cccc([N+](=O)[O-])c2)c1=O. The average Bonchev–Trinajstić information content (AvgIpc) is 2.71. The number of imidazole rings is 1. The van der Waals surface area contributed by atoms with Gasteiger partial charge in [0.15, 0.2) is 0 Å². The van der Waals surface area contributed by atoms with Crippen LogP contribution in [0.15, 0.2) is 41.5 Å². The van der Waals surface area contributed by atoms with E-state index in [-0.39, 0.29) is 17.4 Å². The summed E-state index contributed by atoms with van der Waals surface area (Å²) in [6, 6.07) is 6.41. The maximum Gasteiger partial charge on any atom is 0.328 e. The number of nitro benzene ring substituents is 1. The summed E-state index contributed by atoms with van der Waals surface area (Å²) in [6.45, 7) is 4.19. The largest absolute Gasteiger partial charge is 0.328 e. The quantitative estimate of drug-likeness (QED) is 0.625. The maximum atomic E-state index is 12.0. The zero-order valence-corrected chi connectivity index (χ0v) is 10.8. The number of benzene rings is 1. The van der Waals surface area contributed by atoms with E-state index in [1.54, 1.807) is 33.7 Å². The Kier molecular flexibility index (Phi) is 3.50. The fraction of sp³-hybridized carbons (Fsp3) is 0.308. The molecule has 100 valence electrons. The second kappa shape index (κ2) is 5.09. The summed E-state index contributed by atoms with van der Waals surface area (Å²) in [5.74, 6) is 0. The molecule has 2 rings (SSSR count). The van der Waals surface area contributed by atoms with Gasteiger partial charge in [0.1, 0.15) is 0 Å². The lowest BCUT2D eigenvalue weighted by Crippen LogP contribution is -2.25. The van der Waals surface area contributed by atoms with Crippen LogP contribution in [-0.4, -0.2) is 14.1 Å². The lowest BCUT2D eigenvalue weighted by atomic mass is 10.2. The van der Waals surface area contributed by atoms with Crippen molar-refractivity contribution in [3.05, 3.63) is 62.8 Å². The second-order valence-electron chi connectivity index (χ2n) is 4.64. The molecular formula is C13H15N3O3. The molecular weight excluding hydrogens is 246 g/mol. The van der Waals surface area contributed by atoms with Crippen LogP contribution < -0.4 is 5.69 Å². The highest BCUT2D eigenvalue weighted by Crippen LogP contribution is 2.13. The monoisotopic (exact) mass is 261 g/mol. The van der Waals surface area contributed by atoms with Crippen LogP contribution in [0.1, 0.15) is 25.5 Å². The molecule has 0 bridgehead atoms. The molecule has 1 heterocycles. The molecule has 0 unspecified atom stereocenters. The minimum absolute atomic E-state index is 0.0360. The van der Waals surface area contributed by atoms with E-state index in [4.69, 9.17) is 0 Å². The highest BCUT2D eigenvalue weighted by Gasteiger charge is 2.09. The van der Waals surface area contributed by atoms with Gasteiger partial charge in [-0.05, 0) is 19.4 Å². The molecule has 6 nitrogen and oxygen atoms in total. The van der Waals surface area contributed by atoms with Crippen LogP contribution in [0, 0.1) is 10.1 Å². The zero-order chi connectivity index (χ0) is 14.0. The fourth-order valence-corrected chi connectivity index (χ4v) is 1.91. The number of hydrogen-bond acceptors (Lipinski definition) is 3. The fourth-order valence-electron chi connectivity index (χ4n) is 1.91. The van der Waals surface area contributed by atoms with Crippen LogP contribution in [0.3, 0.4) is 0 Å². The average molecular weight is 261 g/mol. The van der Waals surface area contributed by atoms with Gasteiger partial charge in [0.2, 0.25) is 0 Å². The molecule has 6 heteroatoms. The summed E-state index contributed by atoms with van der Waals surface area (Å²) in [5, 5.41) is 10.7. The summed E-state index contributed by atoms with van der Waals surface area (Å²) < 4.78 is 3.16. The molecule has 1 aromatic heterocycles. The topological polar surface area (TPSA) is 70.1 Å². The van der Waals surface area contributed by atoms with Crippen molar-refractivity contribution in [3.8, 4) is 0 Å². The number of hydrogen-bond donors (Lipinski definition) is 0. The summed E-state index contributed by atoms with van der Waals surface area (Å²) in [5.41, 5.74) is 0.660. The Hall–Kier alpha value is -2.37. The van der Waals surface area contributed by atoms with Crippen molar-refractivity contribution >= 4 is 5.69 Å². The molecule has 0 saturated carbocycles. The third-order valence-corrected chi connectivity index (χ3v) is 2.90. The third-order valence-electron chi connectivity index (χ3n) is 2.90. The molecule has 0 aliphatic carbocycles. The van der Waals surface area contributed by atoms with Gasteiger partial charge in [0, 0.05) is 30.6 Å². The lowest BCUT2D eigenvalue weighted by Gasteiger charge is -2.05. The Balaban J connectivity index is 2.29. The maximum absolute atomic E-state index is 12.0. The van der Waals surface area contributed by atoms with Gasteiger partial charge in [0.05, 0.1) is 11.5 Å². The van der Waals surface area contributed by atoms with E-state index in [1.165, 1.54) is 12.1 Å². The van der Waals surface area contributed by atoms with E-state index >= 15 is 0 Å². The van der Waals surface area contributed by atoms with Crippen molar-refractivity contribution < 1.29 is 4.92 Å². The molecule has 0 atom stereocenters. The van der Waals surface area contributed by atoms with Crippen molar-refractivity contribution in [2.75, 3.05) is 0 Å². The van der Waals surface area contributed by atoms with Crippen LogP contribution in [0.25, 0.3) is 0 Å². The predicted molar refractivity (Wildman–Crippen MR) is 71.3 cm³/mol. The van der Waals surface area contributed by atoms with Crippen LogP contribution in [0.4, 0.5) is 5.69 Å². The Morgan fingerprint density at radius 2 is 2.05 bits per heavy atom. The second-order valence-corrected chi connectivity index (χ2v) is 4.64. The lowest BCUT2D eigenvalue weighted by molar-refractivity contribution is -0.384. The zero-order valence-electron chi connectivity index (χ0n) is 10.8. The molecule has 0 aliphatic rings. The number of nitro groups is 1. The normalized spacial score (nSPS) is 10.9. The first-order valence-corrected chi connectivity index (χ1v) is 5.99. The third kappa shape index (κ3) is 2.73. The molecule has 0 fully saturated rings. The van der Waals surface area contributed by atoms with Crippen molar-refractivity contribution in [1.82, 2.24) is 9.13 Å². The Morgan fingerprint density at radius 3 is 2.63 bits per heavy atom. The van der Waals surface area contributed by atoms with Gasteiger partial charge in [-0.15, -0.1) is 0 Å². The van der Waals surface area contributed by atoms with Gasteiger partial charge in [-0.2, -0.15) is 0 Å². The first-order chi connectivity index (χ1) is 8.99. The molecule has 1 aromatic carbocycles. The van der Waals surface area contributed by atoms with E-state index in [9.17, 15) is 14.9 Å². The van der Waals surface area contributed by atoms with Gasteiger partial charge in [-0.25, -0.2) is 4.79 Å². The predicted octanol–water partition coefficient (Wildman–Crippen LogP) is 2.19. The van der Waals surface area contributed by atoms with Gasteiger partial charge >= 0.3 is 5.69 Å². The first kappa shape index (κ1) is 13.1. The molecule has 0 aliphatic heterocycles. The summed E-state index contributed by atoms with van der Waals surface area (Å²) >= 11 is 0. The van der Waals surface area contributed by atoms with Crippen LogP contribution in [-0.2, 0) is 6.54 Å². The van der Waals surface area contributed by atoms with E-state index in [0.717, 1.165) is 5.56 Å². The minimum Gasteiger partial charge on any atom is -0.297 e. The smallest absolute Gasteiger partial charge is 0.297 e. The molecule has 0 spiro atoms. The molecule has 0 N–H and O–H groups in total. The van der Waals surface area contributed by atoms with Crippen LogP contribution in [0.2, 0.25) is 0 Å². The number of aromatic nitrogens is 2. The molecule has 0 radical (unpaired) electrons.